The van der Waals surface area contributed by atoms with Gasteiger partial charge in [0.2, 0.25) is 0 Å². The topological polar surface area (TPSA) is 67.9 Å². The smallest absolute Gasteiger partial charge is 0.190 e. The summed E-state index contributed by atoms with van der Waals surface area (Å²) < 4.78 is 0. The largest absolute Gasteiger partial charge is 0.295 e. The lowest BCUT2D eigenvalue weighted by Gasteiger charge is -1.68. The van der Waals surface area contributed by atoms with Crippen LogP contribution in [0.1, 0.15) is 0 Å². The molecular formula is C3H5N3O2. The molecule has 0 aromatic heterocycles. The van der Waals surface area contributed by atoms with Crippen molar-refractivity contribution in [1.82, 2.24) is 0 Å². The van der Waals surface area contributed by atoms with Crippen molar-refractivity contribution < 1.29 is 5.03 Å². The van der Waals surface area contributed by atoms with Gasteiger partial charge in [-0.3, -0.25) is 4.99 Å². The van der Waals surface area contributed by atoms with Crippen LogP contribution in [0.5, 0.6) is 0 Å². The third-order valence-electron chi connectivity index (χ3n) is 0.377. The van der Waals surface area contributed by atoms with E-state index < -0.39 is 5.03 Å². The van der Waals surface area contributed by atoms with Gasteiger partial charge in [-0.1, -0.05) is 0 Å². The van der Waals surface area contributed by atoms with E-state index in [1.807, 2.05) is 0 Å². The van der Waals surface area contributed by atoms with Crippen LogP contribution in [0.3, 0.4) is 0 Å². The van der Waals surface area contributed by atoms with E-state index in [0.29, 0.717) is 0 Å². The molecular weight excluding hydrogens is 110 g/mol. The summed E-state index contributed by atoms with van der Waals surface area (Å²) in [6, 6.07) is 0. The molecule has 0 saturated carbocycles. The quantitative estimate of drug-likeness (QED) is 0.287. The lowest BCUT2D eigenvalue weighted by atomic mass is 10.8. The molecule has 44 valence electrons. The summed E-state index contributed by atoms with van der Waals surface area (Å²) in [7, 11) is 1.51. The van der Waals surface area contributed by atoms with Crippen LogP contribution in [0.4, 0.5) is 0 Å². The van der Waals surface area contributed by atoms with Crippen LogP contribution in [0.15, 0.2) is 10.1 Å². The zero-order chi connectivity index (χ0) is 6.41. The molecule has 0 heterocycles. The van der Waals surface area contributed by atoms with Crippen LogP contribution in [0, 0.1) is 10.1 Å². The van der Waals surface area contributed by atoms with E-state index in [4.69, 9.17) is 0 Å². The maximum atomic E-state index is 9.42. The summed E-state index contributed by atoms with van der Waals surface area (Å²) in [6.07, 6.45) is 2.25. The van der Waals surface area contributed by atoms with Crippen LogP contribution < -0.4 is 0 Å². The number of nitrogens with zero attached hydrogens (tertiary/aromatic N) is 3. The predicted octanol–water partition coefficient (Wildman–Crippen LogP) is -0.0505. The minimum atomic E-state index is -0.790. The van der Waals surface area contributed by atoms with Crippen LogP contribution >= 0.6 is 0 Å². The summed E-state index contributed by atoms with van der Waals surface area (Å²) in [4.78, 5) is 12.8. The van der Waals surface area contributed by atoms with Crippen molar-refractivity contribution in [2.45, 2.75) is 0 Å². The summed E-state index contributed by atoms with van der Waals surface area (Å²) in [5.41, 5.74) is 0. The predicted molar refractivity (Wildman–Crippen MR) is 29.9 cm³/mol. The van der Waals surface area contributed by atoms with Crippen molar-refractivity contribution in [3.63, 3.8) is 0 Å². The minimum absolute atomic E-state index is 0.790. The number of rotatable bonds is 2. The second-order valence-electron chi connectivity index (χ2n) is 0.910. The van der Waals surface area contributed by atoms with E-state index >= 15 is 0 Å². The molecule has 0 bridgehead atoms. The Bertz CT molecular complexity index is 128. The summed E-state index contributed by atoms with van der Waals surface area (Å²) in [5.74, 6) is 0. The molecule has 0 unspecified atom stereocenters. The molecule has 0 aromatic carbocycles. The number of nitro groups is 1. The Morgan fingerprint density at radius 3 is 2.62 bits per heavy atom. The Balaban J connectivity index is 3.50. The molecule has 0 radical (unpaired) electrons. The average molecular weight is 115 g/mol. The highest BCUT2D eigenvalue weighted by molar-refractivity contribution is 6.15. The highest BCUT2D eigenvalue weighted by Crippen LogP contribution is 1.62. The average Bonchev–Trinajstić information content (AvgIpc) is 1.66. The van der Waals surface area contributed by atoms with Crippen molar-refractivity contribution >= 4 is 12.4 Å². The first-order chi connectivity index (χ1) is 3.77. The van der Waals surface area contributed by atoms with Gasteiger partial charge in [-0.2, -0.15) is 0 Å². The third kappa shape index (κ3) is 4.74. The Morgan fingerprint density at radius 2 is 2.25 bits per heavy atom. The first kappa shape index (κ1) is 6.74. The SMILES string of the molecule is CN=C/C=N\[N+](=O)[O-]. The standard InChI is InChI=1S/C3H5N3O2/c1-4-2-3-5-6(7)8/h2-3H,1H3/b4-2?,5-3-. The van der Waals surface area contributed by atoms with Gasteiger partial charge in [-0.15, -0.1) is 0 Å². The molecule has 0 amide bonds. The lowest BCUT2D eigenvalue weighted by molar-refractivity contribution is -0.484. The van der Waals surface area contributed by atoms with Crippen molar-refractivity contribution in [3.05, 3.63) is 10.1 Å². The normalized spacial score (nSPS) is 11.1. The monoisotopic (exact) mass is 115 g/mol. The molecule has 5 heteroatoms. The summed E-state index contributed by atoms with van der Waals surface area (Å²) in [5, 5.41) is 11.4. The number of hydrazone groups is 1. The first-order valence-electron chi connectivity index (χ1n) is 1.86. The van der Waals surface area contributed by atoms with Gasteiger partial charge in [0.25, 0.3) is 0 Å². The Labute approximate surface area is 45.9 Å². The maximum absolute atomic E-state index is 9.42. The number of hydrogen-bond acceptors (Lipinski definition) is 3. The van der Waals surface area contributed by atoms with Gasteiger partial charge >= 0.3 is 0 Å². The molecule has 0 aliphatic rings. The molecule has 0 aromatic rings. The molecule has 0 atom stereocenters. The molecule has 0 fully saturated rings. The number of aliphatic imine (C=N–C) groups is 1. The van der Waals surface area contributed by atoms with Gasteiger partial charge in [0.15, 0.2) is 5.03 Å². The fraction of sp³-hybridized carbons (Fsp3) is 0.333. The molecule has 0 saturated heterocycles. The van der Waals surface area contributed by atoms with Gasteiger partial charge in [0.05, 0.1) is 5.10 Å². The molecule has 8 heavy (non-hydrogen) atoms. The van der Waals surface area contributed by atoms with E-state index in [1.165, 1.54) is 13.3 Å². The van der Waals surface area contributed by atoms with Crippen LogP contribution in [-0.4, -0.2) is 24.5 Å². The first-order valence-corrected chi connectivity index (χ1v) is 1.86. The van der Waals surface area contributed by atoms with Crippen LogP contribution in [0.25, 0.3) is 0 Å². The second kappa shape index (κ2) is 3.91. The summed E-state index contributed by atoms with van der Waals surface area (Å²) in [6.45, 7) is 0. The van der Waals surface area contributed by atoms with Crippen LogP contribution in [-0.2, 0) is 0 Å². The van der Waals surface area contributed by atoms with Gasteiger partial charge < -0.3 is 0 Å². The second-order valence-corrected chi connectivity index (χ2v) is 0.910. The highest BCUT2D eigenvalue weighted by atomic mass is 16.7. The fourth-order valence-electron chi connectivity index (χ4n) is 0.151. The molecule has 0 rings (SSSR count). The highest BCUT2D eigenvalue weighted by Gasteiger charge is 1.78. The Morgan fingerprint density at radius 1 is 1.62 bits per heavy atom. The van der Waals surface area contributed by atoms with E-state index in [1.54, 1.807) is 0 Å². The minimum Gasteiger partial charge on any atom is -0.295 e. The van der Waals surface area contributed by atoms with E-state index in [0.717, 1.165) is 6.21 Å². The summed E-state index contributed by atoms with van der Waals surface area (Å²) >= 11 is 0. The van der Waals surface area contributed by atoms with Crippen molar-refractivity contribution in [2.75, 3.05) is 7.05 Å². The van der Waals surface area contributed by atoms with Gasteiger partial charge in [-0.25, -0.2) is 10.1 Å². The van der Waals surface area contributed by atoms with Gasteiger partial charge in [0.1, 0.15) is 6.21 Å². The maximum Gasteiger partial charge on any atom is 0.190 e. The zero-order valence-electron chi connectivity index (χ0n) is 4.31. The van der Waals surface area contributed by atoms with Crippen molar-refractivity contribution in [2.24, 2.45) is 10.1 Å². The molecule has 0 aliphatic carbocycles. The third-order valence-corrected chi connectivity index (χ3v) is 0.377. The van der Waals surface area contributed by atoms with E-state index in [-0.39, 0.29) is 0 Å². The molecule has 5 nitrogen and oxygen atoms in total. The number of hydrogen-bond donors (Lipinski definition) is 0. The Kier molecular flexibility index (Phi) is 3.30. The zero-order valence-corrected chi connectivity index (χ0v) is 4.31. The Hall–Kier alpha value is -1.26. The van der Waals surface area contributed by atoms with Crippen LogP contribution in [0.2, 0.25) is 0 Å². The van der Waals surface area contributed by atoms with Gasteiger partial charge in [-0.05, 0) is 0 Å². The van der Waals surface area contributed by atoms with E-state index in [2.05, 4.69) is 10.1 Å². The molecule has 0 N–H and O–H groups in total. The molecule has 0 aliphatic heterocycles. The van der Waals surface area contributed by atoms with Crippen molar-refractivity contribution in [1.29, 1.82) is 0 Å². The van der Waals surface area contributed by atoms with Gasteiger partial charge in [0, 0.05) is 13.3 Å². The lowest BCUT2D eigenvalue weighted by Crippen LogP contribution is -1.85. The fourth-order valence-corrected chi connectivity index (χ4v) is 0.151. The van der Waals surface area contributed by atoms with E-state index in [9.17, 15) is 10.1 Å². The molecule has 0 spiro atoms. The van der Waals surface area contributed by atoms with Crippen molar-refractivity contribution in [3.8, 4) is 0 Å².